The monoisotopic (exact) mass is 1220 g/mol. The first-order valence-electron chi connectivity index (χ1n) is 33.3. The third-order valence-electron chi connectivity index (χ3n) is 21.0. The molecule has 96 heavy (non-hydrogen) atoms. The number of hydrogen-bond donors (Lipinski definition) is 0. The van der Waals surface area contributed by atoms with E-state index in [1.54, 1.807) is 0 Å². The lowest BCUT2D eigenvalue weighted by Crippen LogP contribution is -2.30. The zero-order chi connectivity index (χ0) is 62.7. The Morgan fingerprint density at radius 2 is 0.531 bits per heavy atom. The lowest BCUT2D eigenvalue weighted by Gasteiger charge is -2.30. The van der Waals surface area contributed by atoms with Crippen LogP contribution in [0.1, 0.15) is 16.8 Å². The molecule has 0 fully saturated rings. The minimum Gasteiger partial charge on any atom is -0.333 e. The van der Waals surface area contributed by atoms with Gasteiger partial charge in [-0.25, -0.2) is 0 Å². The molecule has 0 saturated heterocycles. The van der Waals surface area contributed by atoms with Gasteiger partial charge in [-0.2, -0.15) is 0 Å². The number of aromatic nitrogens is 5. The smallest absolute Gasteiger partial charge is 0.0640 e. The molecule has 0 radical (unpaired) electrons. The molecule has 1 unspecified atom stereocenters. The second-order valence-corrected chi connectivity index (χ2v) is 26.0. The summed E-state index contributed by atoms with van der Waals surface area (Å²) >= 11 is 0. The summed E-state index contributed by atoms with van der Waals surface area (Å²) in [6, 6.07) is 121. The molecule has 0 bridgehead atoms. The Kier molecular flexibility index (Phi) is 11.3. The summed E-state index contributed by atoms with van der Waals surface area (Å²) in [7, 11) is 0. The minimum absolute atomic E-state index is 0.220. The molecule has 0 amide bonds. The summed E-state index contributed by atoms with van der Waals surface area (Å²) in [4.78, 5) is 2.55. The molecule has 6 nitrogen and oxygen atoms in total. The van der Waals surface area contributed by atoms with Crippen molar-refractivity contribution >= 4 is 121 Å². The molecule has 1 aliphatic heterocycles. The van der Waals surface area contributed by atoms with E-state index < -0.39 is 0 Å². The summed E-state index contributed by atoms with van der Waals surface area (Å²) in [6.07, 6.45) is 3.40. The van der Waals surface area contributed by atoms with Crippen LogP contribution in [0.25, 0.3) is 160 Å². The van der Waals surface area contributed by atoms with Crippen molar-refractivity contribution in [3.05, 3.63) is 344 Å². The lowest BCUT2D eigenvalue weighted by atomic mass is 9.89. The highest BCUT2D eigenvalue weighted by molar-refractivity contribution is 6.21. The van der Waals surface area contributed by atoms with Crippen molar-refractivity contribution in [2.45, 2.75) is 12.5 Å². The third-order valence-corrected chi connectivity index (χ3v) is 21.0. The van der Waals surface area contributed by atoms with Crippen molar-refractivity contribution in [1.82, 2.24) is 22.8 Å². The molecule has 21 rings (SSSR count). The van der Waals surface area contributed by atoms with Crippen LogP contribution in [0.4, 0.5) is 11.4 Å². The van der Waals surface area contributed by atoms with Gasteiger partial charge in [0.2, 0.25) is 0 Å². The fourth-order valence-corrected chi connectivity index (χ4v) is 16.8. The van der Waals surface area contributed by atoms with E-state index >= 15 is 0 Å². The van der Waals surface area contributed by atoms with Crippen molar-refractivity contribution in [3.8, 4) is 50.7 Å². The second-order valence-electron chi connectivity index (χ2n) is 26.0. The van der Waals surface area contributed by atoms with Crippen LogP contribution in [0, 0.1) is 0 Å². The van der Waals surface area contributed by atoms with Crippen molar-refractivity contribution in [1.29, 1.82) is 0 Å². The Balaban J connectivity index is 0.605. The normalized spacial score (nSPS) is 13.7. The minimum atomic E-state index is 0.220. The first-order chi connectivity index (χ1) is 47.6. The zero-order valence-corrected chi connectivity index (χ0v) is 52.2. The van der Waals surface area contributed by atoms with Crippen LogP contribution in [-0.4, -0.2) is 28.9 Å². The first kappa shape index (κ1) is 52.9. The van der Waals surface area contributed by atoms with Crippen LogP contribution in [0.2, 0.25) is 0 Å². The predicted molar refractivity (Wildman–Crippen MR) is 402 cm³/mol. The Labute approximate surface area is 553 Å². The maximum absolute atomic E-state index is 2.55. The standard InChI is InChI=1S/C90H58N6/c1-3-19-61(20-4-1)91-79-29-13-7-23-67(79)73-53-87-75(51-85(73)91)69-25-9-15-31-81(69)93(87)63-43-35-57(36-44-63)59-39-47-65(48-40-59)95-83-33-17-11-27-71(83)77-56-90-78(55-89(77)95)72-28-12-18-34-84(72)96(90)66-49-41-60(42-50-66)58-37-45-64(46-38-58)94-82-32-16-10-26-70(82)76-52-86-74(54-88(76)94)68-24-8-14-30-80(68)92(86)62-21-5-2-6-22-62/h1-51,53-56,86H,52H2. The molecule has 6 heteroatoms. The molecule has 1 atom stereocenters. The fourth-order valence-electron chi connectivity index (χ4n) is 16.8. The number of fused-ring (bicyclic) bond motifs is 18. The highest BCUT2D eigenvalue weighted by atomic mass is 15.2. The average molecular weight is 1220 g/mol. The van der Waals surface area contributed by atoms with E-state index in [0.29, 0.717) is 0 Å². The molecule has 1 aliphatic carbocycles. The van der Waals surface area contributed by atoms with Gasteiger partial charge in [-0.15, -0.1) is 0 Å². The number of para-hydroxylation sites is 8. The van der Waals surface area contributed by atoms with Crippen molar-refractivity contribution in [3.63, 3.8) is 0 Å². The lowest BCUT2D eigenvalue weighted by molar-refractivity contribution is 0.806. The van der Waals surface area contributed by atoms with Gasteiger partial charge in [0, 0.05) is 100 Å². The summed E-state index contributed by atoms with van der Waals surface area (Å²) in [5, 5.41) is 11.2. The van der Waals surface area contributed by atoms with Crippen LogP contribution < -0.4 is 4.90 Å². The molecule has 14 aromatic carbocycles. The first-order valence-corrected chi connectivity index (χ1v) is 33.3. The molecular formula is C90H58N6. The van der Waals surface area contributed by atoms with Gasteiger partial charge < -0.3 is 27.7 Å². The molecule has 6 heterocycles. The number of rotatable bonds is 8. The predicted octanol–water partition coefficient (Wildman–Crippen LogP) is 23.0. The van der Waals surface area contributed by atoms with E-state index in [9.17, 15) is 0 Å². The van der Waals surface area contributed by atoms with E-state index in [1.165, 1.54) is 154 Å². The van der Waals surface area contributed by atoms with Crippen molar-refractivity contribution < 1.29 is 0 Å². The molecule has 0 N–H and O–H groups in total. The van der Waals surface area contributed by atoms with Gasteiger partial charge in [0.05, 0.1) is 61.4 Å². The SMILES string of the molecule is C1=C2c3ccccc3N(c3ccccc3)C2Cc2c1n(-c1ccc(-c3ccc(-n4c5ccccc5c5cc6c(cc54)c4ccccc4n6-c4ccc(-c5ccc(-n6c7ccccc7c7cc8c(cc76)c6ccccc6n8-c6ccccc6)cc5)cc4)cc3)cc1)c1ccccc21. The molecular weight excluding hydrogens is 1170 g/mol. The van der Waals surface area contributed by atoms with Crippen LogP contribution in [-0.2, 0) is 6.42 Å². The van der Waals surface area contributed by atoms with Gasteiger partial charge in [-0.05, 0) is 173 Å². The number of anilines is 2. The van der Waals surface area contributed by atoms with Gasteiger partial charge >= 0.3 is 0 Å². The van der Waals surface area contributed by atoms with Crippen molar-refractivity contribution in [2.75, 3.05) is 4.90 Å². The van der Waals surface area contributed by atoms with Gasteiger partial charge in [-0.1, -0.05) is 194 Å². The fraction of sp³-hybridized carbons (Fsp3) is 0.0222. The molecule has 448 valence electrons. The quantitative estimate of drug-likeness (QED) is 0.149. The van der Waals surface area contributed by atoms with Gasteiger partial charge in [0.15, 0.2) is 0 Å². The Bertz CT molecular complexity index is 6430. The number of hydrogen-bond acceptors (Lipinski definition) is 1. The Morgan fingerprint density at radius 3 is 0.927 bits per heavy atom. The van der Waals surface area contributed by atoms with Crippen LogP contribution >= 0.6 is 0 Å². The number of nitrogens with zero attached hydrogens (tertiary/aromatic N) is 6. The topological polar surface area (TPSA) is 27.9 Å². The maximum Gasteiger partial charge on any atom is 0.0640 e. The largest absolute Gasteiger partial charge is 0.333 e. The Hall–Kier alpha value is -12.6. The molecule has 0 spiro atoms. The van der Waals surface area contributed by atoms with E-state index in [-0.39, 0.29) is 6.04 Å². The Morgan fingerprint density at radius 1 is 0.229 bits per heavy atom. The van der Waals surface area contributed by atoms with E-state index in [0.717, 1.165) is 34.9 Å². The molecule has 19 aromatic rings. The maximum atomic E-state index is 2.55. The van der Waals surface area contributed by atoms with Gasteiger partial charge in [0.1, 0.15) is 0 Å². The summed E-state index contributed by atoms with van der Waals surface area (Å²) in [5.74, 6) is 0. The molecule has 2 aliphatic rings. The van der Waals surface area contributed by atoms with Gasteiger partial charge in [-0.3, -0.25) is 0 Å². The second kappa shape index (κ2) is 20.4. The van der Waals surface area contributed by atoms with E-state index in [2.05, 4.69) is 361 Å². The van der Waals surface area contributed by atoms with E-state index in [1.807, 2.05) is 0 Å². The number of benzene rings is 14. The summed E-state index contributed by atoms with van der Waals surface area (Å²) in [6.45, 7) is 0. The van der Waals surface area contributed by atoms with Gasteiger partial charge in [0.25, 0.3) is 0 Å². The zero-order valence-electron chi connectivity index (χ0n) is 52.2. The summed E-state index contributed by atoms with van der Waals surface area (Å²) in [5.41, 5.74) is 29.1. The molecule has 0 saturated carbocycles. The average Bonchev–Trinajstić information content (AvgIpc) is 1.57. The highest BCUT2D eigenvalue weighted by Crippen LogP contribution is 2.51. The van der Waals surface area contributed by atoms with Crippen LogP contribution in [0.3, 0.4) is 0 Å². The third kappa shape index (κ3) is 7.69. The van der Waals surface area contributed by atoms with Crippen molar-refractivity contribution in [2.24, 2.45) is 0 Å². The summed E-state index contributed by atoms with van der Waals surface area (Å²) < 4.78 is 12.2. The molecule has 5 aromatic heterocycles. The highest BCUT2D eigenvalue weighted by Gasteiger charge is 2.39. The van der Waals surface area contributed by atoms with Crippen LogP contribution in [0.15, 0.2) is 328 Å². The van der Waals surface area contributed by atoms with E-state index in [4.69, 9.17) is 0 Å². The van der Waals surface area contributed by atoms with Crippen LogP contribution in [0.5, 0.6) is 0 Å².